The molecule has 0 aromatic carbocycles. The lowest BCUT2D eigenvalue weighted by Gasteiger charge is -2.22. The van der Waals surface area contributed by atoms with Crippen molar-refractivity contribution in [1.82, 2.24) is 4.98 Å². The number of nitrogens with one attached hydrogen (secondary N) is 1. The number of rotatable bonds is 9. The fourth-order valence-electron chi connectivity index (χ4n) is 1.85. The van der Waals surface area contributed by atoms with Gasteiger partial charge in [0.2, 0.25) is 5.91 Å². The summed E-state index contributed by atoms with van der Waals surface area (Å²) in [4.78, 5) is 16.5. The average molecular weight is 421 g/mol. The van der Waals surface area contributed by atoms with E-state index >= 15 is 0 Å². The van der Waals surface area contributed by atoms with Crippen LogP contribution in [0.4, 0.5) is 5.82 Å². The van der Waals surface area contributed by atoms with Gasteiger partial charge in [0, 0.05) is 16.1 Å². The fourth-order valence-corrected chi connectivity index (χ4v) is 4.14. The van der Waals surface area contributed by atoms with E-state index in [0.717, 1.165) is 0 Å². The number of amides is 1. The van der Waals surface area contributed by atoms with E-state index < -0.39 is 13.0 Å². The zero-order valence-corrected chi connectivity index (χ0v) is 17.4. The minimum Gasteiger partial charge on any atom is -0.310 e. The van der Waals surface area contributed by atoms with E-state index in [2.05, 4.69) is 26.2 Å². The second kappa shape index (κ2) is 9.09. The molecule has 0 aliphatic rings. The molecule has 6 nitrogen and oxygen atoms in total. The van der Waals surface area contributed by atoms with E-state index in [1.54, 1.807) is 26.1 Å². The van der Waals surface area contributed by atoms with E-state index in [1.807, 2.05) is 20.8 Å². The van der Waals surface area contributed by atoms with Crippen LogP contribution in [0.5, 0.6) is 0 Å². The maximum absolute atomic E-state index is 12.7. The Morgan fingerprint density at radius 3 is 2.38 bits per heavy atom. The summed E-state index contributed by atoms with van der Waals surface area (Å²) in [6.07, 6.45) is 2.40. The van der Waals surface area contributed by atoms with Crippen LogP contribution in [0.2, 0.25) is 0 Å². The lowest BCUT2D eigenvalue weighted by molar-refractivity contribution is -0.124. The third-order valence-electron chi connectivity index (χ3n) is 3.69. The summed E-state index contributed by atoms with van der Waals surface area (Å²) in [7, 11) is -3.23. The number of carbonyl (C=O) groups is 1. The summed E-state index contributed by atoms with van der Waals surface area (Å²) in [5, 5.41) is 2.81. The van der Waals surface area contributed by atoms with Gasteiger partial charge in [0.15, 0.2) is 0 Å². The molecule has 0 radical (unpaired) electrons. The molecule has 0 saturated heterocycles. The van der Waals surface area contributed by atoms with E-state index in [0.29, 0.717) is 35.5 Å². The van der Waals surface area contributed by atoms with Crippen molar-refractivity contribution in [3.05, 3.63) is 22.3 Å². The lowest BCUT2D eigenvalue weighted by Crippen LogP contribution is -2.30. The van der Waals surface area contributed by atoms with E-state index in [1.165, 1.54) is 0 Å². The van der Waals surface area contributed by atoms with Gasteiger partial charge in [-0.25, -0.2) is 4.98 Å². The van der Waals surface area contributed by atoms with Gasteiger partial charge >= 0.3 is 7.60 Å². The molecule has 1 rings (SSSR count). The zero-order chi connectivity index (χ0) is 18.4. The van der Waals surface area contributed by atoms with E-state index in [-0.39, 0.29) is 12.1 Å². The fraction of sp³-hybridized carbons (Fsp3) is 0.625. The van der Waals surface area contributed by atoms with Gasteiger partial charge in [0.25, 0.3) is 0 Å². The molecule has 136 valence electrons. The number of pyridine rings is 1. The molecule has 0 fully saturated rings. The first-order chi connectivity index (χ1) is 11.2. The number of carbonyl (C=O) groups excluding carboxylic acids is 1. The molecule has 1 aromatic heterocycles. The van der Waals surface area contributed by atoms with Crippen LogP contribution < -0.4 is 5.32 Å². The maximum Gasteiger partial charge on any atom is 0.335 e. The van der Waals surface area contributed by atoms with Crippen molar-refractivity contribution < 1.29 is 18.4 Å². The van der Waals surface area contributed by atoms with Crippen LogP contribution in [0, 0.1) is 5.41 Å². The summed E-state index contributed by atoms with van der Waals surface area (Å²) in [6, 6.07) is 1.69. The maximum atomic E-state index is 12.7. The van der Waals surface area contributed by atoms with Crippen LogP contribution in [0.3, 0.4) is 0 Å². The number of hydrogen-bond donors (Lipinski definition) is 1. The predicted octanol–water partition coefficient (Wildman–Crippen LogP) is 4.98. The van der Waals surface area contributed by atoms with Gasteiger partial charge in [0.1, 0.15) is 5.82 Å². The largest absolute Gasteiger partial charge is 0.335 e. The molecule has 0 saturated carbocycles. The van der Waals surface area contributed by atoms with Crippen LogP contribution in [-0.2, 0) is 24.6 Å². The molecule has 1 aromatic rings. The number of aromatic nitrogens is 1. The zero-order valence-electron chi connectivity index (χ0n) is 14.9. The molecule has 0 aliphatic heterocycles. The lowest BCUT2D eigenvalue weighted by atomic mass is 9.89. The van der Waals surface area contributed by atoms with Crippen LogP contribution in [0.25, 0.3) is 0 Å². The molecule has 0 bridgehead atoms. The van der Waals surface area contributed by atoms with Gasteiger partial charge in [-0.05, 0) is 47.8 Å². The first kappa shape index (κ1) is 21.3. The van der Waals surface area contributed by atoms with Crippen molar-refractivity contribution in [2.24, 2.45) is 5.41 Å². The third-order valence-corrected chi connectivity index (χ3v) is 6.44. The van der Waals surface area contributed by atoms with Crippen molar-refractivity contribution >= 4 is 35.3 Å². The Morgan fingerprint density at radius 2 is 1.88 bits per heavy atom. The highest BCUT2D eigenvalue weighted by Crippen LogP contribution is 2.52. The smallest absolute Gasteiger partial charge is 0.310 e. The first-order valence-electron chi connectivity index (χ1n) is 8.01. The minimum absolute atomic E-state index is 0.108. The van der Waals surface area contributed by atoms with Crippen LogP contribution in [-0.4, -0.2) is 24.1 Å². The Kier molecular flexibility index (Phi) is 8.06. The molecule has 1 heterocycles. The summed E-state index contributed by atoms with van der Waals surface area (Å²) >= 11 is 3.40. The molecule has 0 spiro atoms. The van der Waals surface area contributed by atoms with Gasteiger partial charge in [-0.3, -0.25) is 9.36 Å². The van der Waals surface area contributed by atoms with Crippen molar-refractivity contribution in [1.29, 1.82) is 0 Å². The summed E-state index contributed by atoms with van der Waals surface area (Å²) in [5.41, 5.74) is 0.223. The van der Waals surface area contributed by atoms with Gasteiger partial charge in [-0.2, -0.15) is 0 Å². The topological polar surface area (TPSA) is 77.5 Å². The quantitative estimate of drug-likeness (QED) is 0.569. The van der Waals surface area contributed by atoms with Crippen LogP contribution in [0.15, 0.2) is 16.7 Å². The standard InChI is InChI=1S/C16H26BrN2O4P/c1-6-16(4,5)15(20)19-14-9-12(13(17)10-18-14)11-24(21,22-7-2)23-8-3/h9-10H,6-8,11H2,1-5H3,(H,18,19,20). The van der Waals surface area contributed by atoms with Crippen molar-refractivity contribution in [2.45, 2.75) is 47.2 Å². The number of anilines is 1. The highest BCUT2D eigenvalue weighted by Gasteiger charge is 2.27. The Morgan fingerprint density at radius 1 is 1.29 bits per heavy atom. The van der Waals surface area contributed by atoms with Crippen molar-refractivity contribution in [2.75, 3.05) is 18.5 Å². The molecule has 0 atom stereocenters. The van der Waals surface area contributed by atoms with Gasteiger partial charge in [-0.1, -0.05) is 20.8 Å². The van der Waals surface area contributed by atoms with Crippen LogP contribution in [0.1, 0.15) is 46.6 Å². The van der Waals surface area contributed by atoms with Crippen LogP contribution >= 0.6 is 23.5 Å². The van der Waals surface area contributed by atoms with Gasteiger partial charge < -0.3 is 14.4 Å². The molecule has 8 heteroatoms. The molecular weight excluding hydrogens is 395 g/mol. The Balaban J connectivity index is 3.01. The Labute approximate surface area is 152 Å². The second-order valence-electron chi connectivity index (χ2n) is 5.96. The SMILES string of the molecule is CCOP(=O)(Cc1cc(NC(=O)C(C)(C)CC)ncc1Br)OCC. The highest BCUT2D eigenvalue weighted by molar-refractivity contribution is 9.10. The normalized spacial score (nSPS) is 12.2. The Hall–Kier alpha value is -0.750. The van der Waals surface area contributed by atoms with Gasteiger partial charge in [0.05, 0.1) is 19.4 Å². The highest BCUT2D eigenvalue weighted by atomic mass is 79.9. The summed E-state index contributed by atoms with van der Waals surface area (Å²) in [6.45, 7) is 9.85. The second-order valence-corrected chi connectivity index (χ2v) is 8.87. The third kappa shape index (κ3) is 5.96. The number of halogens is 1. The molecule has 1 N–H and O–H groups in total. The van der Waals surface area contributed by atoms with E-state index in [9.17, 15) is 9.36 Å². The molecule has 0 unspecified atom stereocenters. The molecular formula is C16H26BrN2O4P. The number of nitrogens with zero attached hydrogens (tertiary/aromatic N) is 1. The van der Waals surface area contributed by atoms with Gasteiger partial charge in [-0.15, -0.1) is 0 Å². The summed E-state index contributed by atoms with van der Waals surface area (Å²) < 4.78 is 24.0. The average Bonchev–Trinajstić information content (AvgIpc) is 2.50. The monoisotopic (exact) mass is 420 g/mol. The molecule has 1 amide bonds. The minimum atomic E-state index is -3.23. The summed E-state index contributed by atoms with van der Waals surface area (Å²) in [5.74, 6) is 0.308. The predicted molar refractivity (Wildman–Crippen MR) is 99.2 cm³/mol. The van der Waals surface area contributed by atoms with Crippen molar-refractivity contribution in [3.63, 3.8) is 0 Å². The molecule has 0 aliphatic carbocycles. The first-order valence-corrected chi connectivity index (χ1v) is 10.5. The molecule has 24 heavy (non-hydrogen) atoms. The Bertz CT molecular complexity index is 612. The van der Waals surface area contributed by atoms with Crippen molar-refractivity contribution in [3.8, 4) is 0 Å². The number of hydrogen-bond acceptors (Lipinski definition) is 5. The van der Waals surface area contributed by atoms with E-state index in [4.69, 9.17) is 9.05 Å².